The topological polar surface area (TPSA) is 51.2 Å². The van der Waals surface area contributed by atoms with Crippen LogP contribution in [0.5, 0.6) is 0 Å². The van der Waals surface area contributed by atoms with Crippen molar-refractivity contribution < 1.29 is 13.2 Å². The number of benzene rings is 1. The molecule has 0 bridgehead atoms. The molecule has 0 spiro atoms. The Morgan fingerprint density at radius 1 is 1.12 bits per heavy atom. The van der Waals surface area contributed by atoms with E-state index in [9.17, 15) is 13.2 Å². The van der Waals surface area contributed by atoms with E-state index in [0.29, 0.717) is 10.4 Å². The van der Waals surface area contributed by atoms with Crippen LogP contribution < -0.4 is 0 Å². The van der Waals surface area contributed by atoms with Crippen molar-refractivity contribution >= 4 is 36.9 Å². The van der Waals surface area contributed by atoms with Crippen molar-refractivity contribution in [2.45, 2.75) is 4.90 Å². The Labute approximate surface area is 107 Å². The maximum atomic E-state index is 11.9. The molecule has 0 fully saturated rings. The monoisotopic (exact) mass is 286 g/mol. The highest BCUT2D eigenvalue weighted by Crippen LogP contribution is 2.19. The Kier molecular flexibility index (Phi) is 3.33. The molecule has 0 saturated carbocycles. The Bertz CT molecular complexity index is 628. The molecular weight excluding hydrogens is 280 g/mol. The first-order chi connectivity index (χ1) is 7.98. The molecule has 2 aromatic rings. The van der Waals surface area contributed by atoms with Gasteiger partial charge in [-0.1, -0.05) is 6.07 Å². The van der Waals surface area contributed by atoms with Gasteiger partial charge in [0.1, 0.15) is 0 Å². The summed E-state index contributed by atoms with van der Waals surface area (Å²) >= 11 is 1.34. The van der Waals surface area contributed by atoms with Crippen molar-refractivity contribution in [2.24, 2.45) is 0 Å². The van der Waals surface area contributed by atoms with Gasteiger partial charge in [-0.15, -0.1) is 11.3 Å². The molecule has 0 amide bonds. The first-order valence-corrected chi connectivity index (χ1v) is 7.80. The van der Waals surface area contributed by atoms with Gasteiger partial charge in [0.05, 0.1) is 9.77 Å². The summed E-state index contributed by atoms with van der Waals surface area (Å²) in [5, 5.41) is 1.81. The van der Waals surface area contributed by atoms with Crippen LogP contribution in [0.15, 0.2) is 46.7 Å². The summed E-state index contributed by atoms with van der Waals surface area (Å²) in [7, 11) is 1.44. The van der Waals surface area contributed by atoms with Crippen LogP contribution in [-0.2, 0) is 9.05 Å². The van der Waals surface area contributed by atoms with Crippen LogP contribution >= 0.6 is 22.0 Å². The van der Waals surface area contributed by atoms with Crippen molar-refractivity contribution in [1.82, 2.24) is 0 Å². The lowest BCUT2D eigenvalue weighted by Gasteiger charge is -1.99. The molecular formula is C11H7ClO3S2. The molecule has 0 atom stereocenters. The van der Waals surface area contributed by atoms with Gasteiger partial charge in [-0.3, -0.25) is 4.79 Å². The minimum absolute atomic E-state index is 0.0121. The Balaban J connectivity index is 2.34. The Morgan fingerprint density at radius 2 is 1.76 bits per heavy atom. The second kappa shape index (κ2) is 4.60. The summed E-state index contributed by atoms with van der Waals surface area (Å²) in [6.07, 6.45) is 0. The minimum atomic E-state index is -3.74. The molecule has 1 aromatic carbocycles. The smallest absolute Gasteiger partial charge is 0.261 e. The number of rotatable bonds is 3. The van der Waals surface area contributed by atoms with E-state index in [1.165, 1.54) is 35.6 Å². The summed E-state index contributed by atoms with van der Waals surface area (Å²) in [6.45, 7) is 0. The summed E-state index contributed by atoms with van der Waals surface area (Å²) in [5.74, 6) is -0.126. The van der Waals surface area contributed by atoms with E-state index in [1.54, 1.807) is 12.1 Å². The molecule has 0 N–H and O–H groups in total. The van der Waals surface area contributed by atoms with Gasteiger partial charge in [0.25, 0.3) is 9.05 Å². The third kappa shape index (κ3) is 2.74. The highest BCUT2D eigenvalue weighted by molar-refractivity contribution is 8.13. The average Bonchev–Trinajstić information content (AvgIpc) is 2.80. The van der Waals surface area contributed by atoms with Crippen LogP contribution in [0.4, 0.5) is 0 Å². The molecule has 17 heavy (non-hydrogen) atoms. The predicted octanol–water partition coefficient (Wildman–Crippen LogP) is 2.91. The second-order valence-corrected chi connectivity index (χ2v) is 6.78. The first kappa shape index (κ1) is 12.3. The molecule has 0 radical (unpaired) electrons. The standard InChI is InChI=1S/C11H7ClO3S2/c12-17(14,15)9-5-3-8(4-6-9)11(13)10-2-1-7-16-10/h1-7H. The lowest BCUT2D eigenvalue weighted by molar-refractivity contribution is 0.104. The molecule has 1 aromatic heterocycles. The van der Waals surface area contributed by atoms with Gasteiger partial charge < -0.3 is 0 Å². The van der Waals surface area contributed by atoms with Crippen LogP contribution in [0.1, 0.15) is 15.2 Å². The van der Waals surface area contributed by atoms with E-state index < -0.39 is 9.05 Å². The molecule has 0 aliphatic carbocycles. The Morgan fingerprint density at radius 3 is 2.24 bits per heavy atom. The van der Waals surface area contributed by atoms with E-state index in [4.69, 9.17) is 10.7 Å². The number of thiophene rings is 1. The van der Waals surface area contributed by atoms with Crippen molar-refractivity contribution in [3.8, 4) is 0 Å². The summed E-state index contributed by atoms with van der Waals surface area (Å²) in [4.78, 5) is 12.5. The van der Waals surface area contributed by atoms with E-state index in [0.717, 1.165) is 0 Å². The van der Waals surface area contributed by atoms with Crippen molar-refractivity contribution in [3.63, 3.8) is 0 Å². The zero-order chi connectivity index (χ0) is 12.5. The number of halogens is 1. The van der Waals surface area contributed by atoms with Gasteiger partial charge in [-0.25, -0.2) is 8.42 Å². The van der Waals surface area contributed by atoms with Gasteiger partial charge in [-0.2, -0.15) is 0 Å². The zero-order valence-electron chi connectivity index (χ0n) is 8.46. The van der Waals surface area contributed by atoms with Crippen LogP contribution in [0.25, 0.3) is 0 Å². The summed E-state index contributed by atoms with van der Waals surface area (Å²) in [5.41, 5.74) is 0.441. The van der Waals surface area contributed by atoms with Crippen LogP contribution in [-0.4, -0.2) is 14.2 Å². The molecule has 3 nitrogen and oxygen atoms in total. The van der Waals surface area contributed by atoms with E-state index >= 15 is 0 Å². The van der Waals surface area contributed by atoms with Crippen LogP contribution in [0, 0.1) is 0 Å². The molecule has 2 rings (SSSR count). The number of ketones is 1. The Hall–Kier alpha value is -1.17. The lowest BCUT2D eigenvalue weighted by Crippen LogP contribution is -1.99. The SMILES string of the molecule is O=C(c1ccc(S(=O)(=O)Cl)cc1)c1cccs1. The fourth-order valence-corrected chi connectivity index (χ4v) is 2.77. The van der Waals surface area contributed by atoms with Gasteiger partial charge in [0.15, 0.2) is 0 Å². The number of carbonyl (C=O) groups is 1. The van der Waals surface area contributed by atoms with Crippen molar-refractivity contribution in [3.05, 3.63) is 52.2 Å². The molecule has 6 heteroatoms. The third-order valence-corrected chi connectivity index (χ3v) is 4.38. The lowest BCUT2D eigenvalue weighted by atomic mass is 10.1. The number of carbonyl (C=O) groups excluding carboxylic acids is 1. The third-order valence-electron chi connectivity index (χ3n) is 2.14. The normalized spacial score (nSPS) is 11.4. The average molecular weight is 287 g/mol. The van der Waals surface area contributed by atoms with Gasteiger partial charge in [0, 0.05) is 16.2 Å². The van der Waals surface area contributed by atoms with Crippen LogP contribution in [0.2, 0.25) is 0 Å². The molecule has 0 saturated heterocycles. The maximum absolute atomic E-state index is 11.9. The van der Waals surface area contributed by atoms with E-state index in [2.05, 4.69) is 0 Å². The minimum Gasteiger partial charge on any atom is -0.288 e. The second-order valence-electron chi connectivity index (χ2n) is 3.27. The van der Waals surface area contributed by atoms with E-state index in [-0.39, 0.29) is 10.7 Å². The molecule has 0 unspecified atom stereocenters. The van der Waals surface area contributed by atoms with Crippen molar-refractivity contribution in [1.29, 1.82) is 0 Å². The van der Waals surface area contributed by atoms with Gasteiger partial charge in [-0.05, 0) is 35.7 Å². The molecule has 88 valence electrons. The van der Waals surface area contributed by atoms with Gasteiger partial charge >= 0.3 is 0 Å². The van der Waals surface area contributed by atoms with E-state index in [1.807, 2.05) is 5.38 Å². The molecule has 0 aliphatic rings. The first-order valence-electron chi connectivity index (χ1n) is 4.61. The summed E-state index contributed by atoms with van der Waals surface area (Å²) in [6, 6.07) is 9.07. The fourth-order valence-electron chi connectivity index (χ4n) is 1.32. The fraction of sp³-hybridized carbons (Fsp3) is 0. The number of hydrogen-bond acceptors (Lipinski definition) is 4. The zero-order valence-corrected chi connectivity index (χ0v) is 10.8. The highest BCUT2D eigenvalue weighted by atomic mass is 35.7. The molecule has 0 aliphatic heterocycles. The quantitative estimate of drug-likeness (QED) is 0.644. The summed E-state index contributed by atoms with van der Waals surface area (Å²) < 4.78 is 22.1. The maximum Gasteiger partial charge on any atom is 0.261 e. The van der Waals surface area contributed by atoms with Gasteiger partial charge in [0.2, 0.25) is 5.78 Å². The van der Waals surface area contributed by atoms with Crippen molar-refractivity contribution in [2.75, 3.05) is 0 Å². The highest BCUT2D eigenvalue weighted by Gasteiger charge is 2.13. The number of hydrogen-bond donors (Lipinski definition) is 0. The predicted molar refractivity (Wildman–Crippen MR) is 67.2 cm³/mol. The largest absolute Gasteiger partial charge is 0.288 e. The molecule has 1 heterocycles. The van der Waals surface area contributed by atoms with Crippen LogP contribution in [0.3, 0.4) is 0 Å².